The van der Waals surface area contributed by atoms with Gasteiger partial charge in [0.15, 0.2) is 5.72 Å². The normalized spacial score (nSPS) is 27.9. The quantitative estimate of drug-likeness (QED) is 0.225. The molecule has 4 heterocycles. The first kappa shape index (κ1) is 35.5. The summed E-state index contributed by atoms with van der Waals surface area (Å²) in [7, 11) is 0. The Labute approximate surface area is 298 Å². The SMILES string of the molecule is O=C(O)C1CCC(OC[C@@H]2C[C@H](N3CCN(CC(F)(F)F)CC3)CN2C(=O)Cc2ccc(NC3(c4csc5ccccc45)CO3)c(Cl)c2)CC1. The number of alkyl halides is 3. The molecular formula is C36H42ClF3N4O5S. The second kappa shape index (κ2) is 14.6. The van der Waals surface area contributed by atoms with E-state index in [2.05, 4.69) is 27.7 Å². The van der Waals surface area contributed by atoms with Crippen molar-refractivity contribution in [3.63, 3.8) is 0 Å². The monoisotopic (exact) mass is 734 g/mol. The van der Waals surface area contributed by atoms with E-state index in [0.29, 0.717) is 88.8 Å². The summed E-state index contributed by atoms with van der Waals surface area (Å²) in [6, 6.07) is 13.6. The van der Waals surface area contributed by atoms with Gasteiger partial charge in [-0.3, -0.25) is 19.4 Å². The highest BCUT2D eigenvalue weighted by atomic mass is 35.5. The van der Waals surface area contributed by atoms with Crippen molar-refractivity contribution in [1.82, 2.24) is 14.7 Å². The van der Waals surface area contributed by atoms with Gasteiger partial charge in [-0.05, 0) is 55.9 Å². The number of aliphatic carboxylic acids is 1. The molecule has 2 N–H and O–H groups in total. The Morgan fingerprint density at radius 3 is 2.50 bits per heavy atom. The topological polar surface area (TPSA) is 97.9 Å². The van der Waals surface area contributed by atoms with E-state index in [1.165, 1.54) is 9.60 Å². The number of rotatable bonds is 11. The molecule has 50 heavy (non-hydrogen) atoms. The smallest absolute Gasteiger partial charge is 0.401 e. The highest BCUT2D eigenvalue weighted by Gasteiger charge is 2.49. The molecule has 3 aromatic rings. The first-order chi connectivity index (χ1) is 24.0. The van der Waals surface area contributed by atoms with Gasteiger partial charge in [0, 0.05) is 59.8 Å². The highest BCUT2D eigenvalue weighted by molar-refractivity contribution is 7.17. The molecule has 3 atom stereocenters. The molecule has 7 rings (SSSR count). The van der Waals surface area contributed by atoms with Crippen LogP contribution in [-0.2, 0) is 31.2 Å². The number of hydrogen-bond acceptors (Lipinski definition) is 8. The number of carbonyl (C=O) groups is 2. The third-order valence-corrected chi connectivity index (χ3v) is 11.9. The van der Waals surface area contributed by atoms with Crippen molar-refractivity contribution in [2.45, 2.75) is 68.6 Å². The minimum absolute atomic E-state index is 0.0152. The summed E-state index contributed by atoms with van der Waals surface area (Å²) in [6.45, 7) is 2.08. The van der Waals surface area contributed by atoms with Crippen LogP contribution in [0.15, 0.2) is 47.8 Å². The second-order valence-electron chi connectivity index (χ2n) is 14.0. The number of fused-ring (bicyclic) bond motifs is 1. The van der Waals surface area contributed by atoms with E-state index in [1.807, 2.05) is 35.2 Å². The van der Waals surface area contributed by atoms with Gasteiger partial charge in [0.2, 0.25) is 5.91 Å². The van der Waals surface area contributed by atoms with Gasteiger partial charge >= 0.3 is 12.1 Å². The number of piperazine rings is 1. The van der Waals surface area contributed by atoms with Crippen LogP contribution in [-0.4, -0.2) is 109 Å². The van der Waals surface area contributed by atoms with Gasteiger partial charge in [0.1, 0.15) is 6.61 Å². The predicted molar refractivity (Wildman–Crippen MR) is 186 cm³/mol. The Hall–Kier alpha value is -2.94. The third kappa shape index (κ3) is 8.08. The van der Waals surface area contributed by atoms with Gasteiger partial charge in [0.05, 0.1) is 48.3 Å². The number of anilines is 1. The summed E-state index contributed by atoms with van der Waals surface area (Å²) in [5, 5.41) is 16.6. The fraction of sp³-hybridized carbons (Fsp3) is 0.556. The van der Waals surface area contributed by atoms with Crippen LogP contribution in [0.3, 0.4) is 0 Å². The molecule has 3 saturated heterocycles. The van der Waals surface area contributed by atoms with Crippen molar-refractivity contribution in [3.8, 4) is 0 Å². The first-order valence-electron chi connectivity index (χ1n) is 17.3. The number of hydrogen-bond donors (Lipinski definition) is 2. The van der Waals surface area contributed by atoms with Crippen molar-refractivity contribution in [3.05, 3.63) is 64.0 Å². The summed E-state index contributed by atoms with van der Waals surface area (Å²) in [5.74, 6) is -1.17. The molecule has 2 aromatic carbocycles. The average Bonchev–Trinajstić information content (AvgIpc) is 3.51. The van der Waals surface area contributed by atoms with E-state index in [1.54, 1.807) is 11.3 Å². The van der Waals surface area contributed by atoms with Gasteiger partial charge in [-0.15, -0.1) is 11.3 Å². The van der Waals surface area contributed by atoms with E-state index in [4.69, 9.17) is 21.1 Å². The maximum absolute atomic E-state index is 13.9. The number of nitrogens with one attached hydrogen (secondary N) is 1. The fourth-order valence-corrected chi connectivity index (χ4v) is 9.08. The van der Waals surface area contributed by atoms with Crippen LogP contribution in [0, 0.1) is 5.92 Å². The number of likely N-dealkylation sites (tertiary alicyclic amines) is 1. The van der Waals surface area contributed by atoms with Crippen molar-refractivity contribution in [2.75, 3.05) is 57.8 Å². The Balaban J connectivity index is 1.00. The molecule has 1 saturated carbocycles. The van der Waals surface area contributed by atoms with Gasteiger partial charge in [-0.2, -0.15) is 13.2 Å². The summed E-state index contributed by atoms with van der Waals surface area (Å²) in [5.41, 5.74) is 1.91. The van der Waals surface area contributed by atoms with Gasteiger partial charge in [-0.25, -0.2) is 0 Å². The molecular weight excluding hydrogens is 693 g/mol. The molecule has 1 aliphatic carbocycles. The van der Waals surface area contributed by atoms with Gasteiger partial charge in [0.25, 0.3) is 0 Å². The number of epoxide rings is 1. The Morgan fingerprint density at radius 1 is 1.08 bits per heavy atom. The second-order valence-corrected chi connectivity index (χ2v) is 15.4. The van der Waals surface area contributed by atoms with Crippen molar-refractivity contribution in [2.24, 2.45) is 5.92 Å². The van der Waals surface area contributed by atoms with Crippen LogP contribution in [0.1, 0.15) is 43.2 Å². The number of carboxylic acids is 1. The summed E-state index contributed by atoms with van der Waals surface area (Å²) in [6.07, 6.45) is -1.01. The lowest BCUT2D eigenvalue weighted by Gasteiger charge is -2.38. The predicted octanol–water partition coefficient (Wildman–Crippen LogP) is 6.20. The summed E-state index contributed by atoms with van der Waals surface area (Å²) < 4.78 is 52.4. The molecule has 1 aromatic heterocycles. The van der Waals surface area contributed by atoms with Crippen LogP contribution in [0.2, 0.25) is 5.02 Å². The standard InChI is InChI=1S/C36H42ClF3N4O5S/c37-30-15-23(5-10-31(30)41-35(22-49-35)29-20-50-32-4-2-1-3-28(29)32)16-33(45)44-18-25(43-13-11-42(12-14-43)21-36(38,39)40)17-26(44)19-48-27-8-6-24(7-9-27)34(46)47/h1-5,10,15,20,24-27,41H,6-9,11-14,16-19,21-22H2,(H,46,47)/t24?,25-,26-,27?,35?/m0/s1. The molecule has 0 bridgehead atoms. The number of amides is 1. The molecule has 3 aliphatic heterocycles. The van der Waals surface area contributed by atoms with E-state index in [-0.39, 0.29) is 36.4 Å². The van der Waals surface area contributed by atoms with Crippen molar-refractivity contribution < 1.29 is 37.3 Å². The summed E-state index contributed by atoms with van der Waals surface area (Å²) in [4.78, 5) is 30.8. The molecule has 0 radical (unpaired) electrons. The maximum atomic E-state index is 13.9. The minimum Gasteiger partial charge on any atom is -0.481 e. The molecule has 0 spiro atoms. The number of benzene rings is 2. The van der Waals surface area contributed by atoms with E-state index in [0.717, 1.165) is 16.5 Å². The molecule has 4 fully saturated rings. The summed E-state index contributed by atoms with van der Waals surface area (Å²) >= 11 is 8.45. The lowest BCUT2D eigenvalue weighted by molar-refractivity contribution is -0.150. The molecule has 1 amide bonds. The molecule has 9 nitrogen and oxygen atoms in total. The van der Waals surface area contributed by atoms with E-state index < -0.39 is 24.4 Å². The lowest BCUT2D eigenvalue weighted by atomic mass is 9.87. The van der Waals surface area contributed by atoms with E-state index in [9.17, 15) is 27.9 Å². The molecule has 4 aliphatic rings. The number of carbonyl (C=O) groups excluding carboxylic acids is 1. The number of halogens is 4. The molecule has 14 heteroatoms. The third-order valence-electron chi connectivity index (χ3n) is 10.7. The highest BCUT2D eigenvalue weighted by Crippen LogP contribution is 2.46. The first-order valence-corrected chi connectivity index (χ1v) is 18.6. The number of carboxylic acid groups (broad SMARTS) is 1. The number of ether oxygens (including phenoxy) is 2. The zero-order valence-corrected chi connectivity index (χ0v) is 29.2. The maximum Gasteiger partial charge on any atom is 0.401 e. The van der Waals surface area contributed by atoms with Gasteiger partial charge < -0.3 is 24.8 Å². The average molecular weight is 735 g/mol. The molecule has 270 valence electrons. The Bertz CT molecular complexity index is 1690. The van der Waals surface area contributed by atoms with Crippen LogP contribution < -0.4 is 5.32 Å². The largest absolute Gasteiger partial charge is 0.481 e. The van der Waals surface area contributed by atoms with Crippen LogP contribution in [0.4, 0.5) is 18.9 Å². The lowest BCUT2D eigenvalue weighted by Crippen LogP contribution is -2.52. The zero-order chi connectivity index (χ0) is 35.0. The number of nitrogens with zero attached hydrogens (tertiary/aromatic N) is 3. The van der Waals surface area contributed by atoms with Crippen molar-refractivity contribution in [1.29, 1.82) is 0 Å². The zero-order valence-electron chi connectivity index (χ0n) is 27.7. The van der Waals surface area contributed by atoms with Crippen molar-refractivity contribution >= 4 is 50.6 Å². The molecule has 1 unspecified atom stereocenters. The Kier molecular flexibility index (Phi) is 10.3. The minimum atomic E-state index is -4.23. The fourth-order valence-electron chi connectivity index (χ4n) is 7.81. The van der Waals surface area contributed by atoms with Crippen LogP contribution in [0.25, 0.3) is 10.1 Å². The van der Waals surface area contributed by atoms with E-state index >= 15 is 0 Å². The Morgan fingerprint density at radius 2 is 1.82 bits per heavy atom. The van der Waals surface area contributed by atoms with Crippen LogP contribution in [0.5, 0.6) is 0 Å². The van der Waals surface area contributed by atoms with Gasteiger partial charge in [-0.1, -0.05) is 35.9 Å². The van der Waals surface area contributed by atoms with Crippen LogP contribution >= 0.6 is 22.9 Å². The number of thiophene rings is 1.